The number of amides is 1. The lowest BCUT2D eigenvalue weighted by molar-refractivity contribution is 0.0786. The van der Waals surface area contributed by atoms with Gasteiger partial charge in [0.05, 0.1) is 15.8 Å². The fraction of sp³-hybridized carbons (Fsp3) is 0.105. The smallest absolute Gasteiger partial charge is 0.261 e. The Balaban J connectivity index is 1.76. The summed E-state index contributed by atoms with van der Waals surface area (Å²) in [5.74, 6) is -0.214. The Bertz CT molecular complexity index is 1100. The molecule has 1 N–H and O–H groups in total. The zero-order chi connectivity index (χ0) is 20.3. The molecule has 0 spiro atoms. The van der Waals surface area contributed by atoms with E-state index in [1.165, 1.54) is 29.5 Å². The van der Waals surface area contributed by atoms with Gasteiger partial charge in [-0.25, -0.2) is 8.42 Å². The number of nitrogens with zero attached hydrogens (tertiary/aromatic N) is 1. The van der Waals surface area contributed by atoms with Gasteiger partial charge in [0.1, 0.15) is 0 Å². The molecule has 1 heterocycles. The van der Waals surface area contributed by atoms with Crippen LogP contribution in [0.15, 0.2) is 70.0 Å². The highest BCUT2D eigenvalue weighted by molar-refractivity contribution is 9.10. The largest absolute Gasteiger partial charge is 0.337 e. The molecule has 1 amide bonds. The normalized spacial score (nSPS) is 11.2. The van der Waals surface area contributed by atoms with Gasteiger partial charge in [0, 0.05) is 27.6 Å². The minimum atomic E-state index is -3.75. The number of nitrogens with one attached hydrogen (secondary N) is 1. The van der Waals surface area contributed by atoms with Gasteiger partial charge in [0.25, 0.3) is 15.9 Å². The topological polar surface area (TPSA) is 66.5 Å². The lowest BCUT2D eigenvalue weighted by Gasteiger charge is -2.17. The van der Waals surface area contributed by atoms with Gasteiger partial charge in [-0.05, 0) is 54.6 Å². The second-order valence-electron chi connectivity index (χ2n) is 6.01. The number of benzene rings is 2. The van der Waals surface area contributed by atoms with Gasteiger partial charge in [0.15, 0.2) is 0 Å². The quantitative estimate of drug-likeness (QED) is 0.504. The summed E-state index contributed by atoms with van der Waals surface area (Å²) in [4.78, 5) is 15.4. The van der Waals surface area contributed by atoms with Crippen LogP contribution in [0, 0.1) is 0 Å². The molecular weight excluding hydrogens is 484 g/mol. The number of carbonyl (C=O) groups is 1. The molecule has 0 saturated carbocycles. The fourth-order valence-corrected chi connectivity index (χ4v) is 4.96. The third-order valence-electron chi connectivity index (χ3n) is 3.85. The van der Waals surface area contributed by atoms with Crippen LogP contribution in [0.25, 0.3) is 0 Å². The van der Waals surface area contributed by atoms with Crippen molar-refractivity contribution in [1.82, 2.24) is 4.90 Å². The maximum atomic E-state index is 12.7. The van der Waals surface area contributed by atoms with Crippen LogP contribution in [0.5, 0.6) is 0 Å². The van der Waals surface area contributed by atoms with Crippen LogP contribution < -0.4 is 4.72 Å². The van der Waals surface area contributed by atoms with Gasteiger partial charge in [-0.2, -0.15) is 0 Å². The van der Waals surface area contributed by atoms with Crippen LogP contribution in [-0.2, 0) is 16.6 Å². The van der Waals surface area contributed by atoms with Crippen molar-refractivity contribution in [1.29, 1.82) is 0 Å². The Morgan fingerprint density at radius 2 is 1.86 bits per heavy atom. The molecule has 0 fully saturated rings. The first-order chi connectivity index (χ1) is 13.2. The van der Waals surface area contributed by atoms with E-state index in [0.717, 1.165) is 9.35 Å². The first-order valence-corrected chi connectivity index (χ1v) is 11.6. The summed E-state index contributed by atoms with van der Waals surface area (Å²) in [6.07, 6.45) is 0. The molecule has 0 bridgehead atoms. The predicted octanol–water partition coefficient (Wildman–Crippen LogP) is 5.24. The molecule has 0 saturated heterocycles. The highest BCUT2D eigenvalue weighted by Crippen LogP contribution is 2.24. The van der Waals surface area contributed by atoms with E-state index in [-0.39, 0.29) is 10.8 Å². The number of anilines is 1. The second-order valence-corrected chi connectivity index (χ2v) is 10.4. The highest BCUT2D eigenvalue weighted by Gasteiger charge is 2.17. The highest BCUT2D eigenvalue weighted by atomic mass is 79.9. The van der Waals surface area contributed by atoms with Crippen LogP contribution >= 0.6 is 38.9 Å². The van der Waals surface area contributed by atoms with Gasteiger partial charge in [-0.3, -0.25) is 9.52 Å². The first kappa shape index (κ1) is 20.9. The molecule has 0 aliphatic carbocycles. The van der Waals surface area contributed by atoms with Crippen molar-refractivity contribution in [2.75, 3.05) is 11.8 Å². The molecule has 0 aliphatic rings. The average Bonchev–Trinajstić information content (AvgIpc) is 3.06. The van der Waals surface area contributed by atoms with E-state index in [4.69, 9.17) is 11.6 Å². The number of carbonyl (C=O) groups excluding carboxylic acids is 1. The summed E-state index contributed by atoms with van der Waals surface area (Å²) in [5, 5.41) is 0. The molecule has 9 heteroatoms. The van der Waals surface area contributed by atoms with Crippen molar-refractivity contribution < 1.29 is 13.2 Å². The van der Waals surface area contributed by atoms with Gasteiger partial charge >= 0.3 is 0 Å². The molecule has 3 aromatic rings. The van der Waals surface area contributed by atoms with Gasteiger partial charge < -0.3 is 4.90 Å². The number of rotatable bonds is 6. The van der Waals surface area contributed by atoms with E-state index in [1.54, 1.807) is 48.3 Å². The summed E-state index contributed by atoms with van der Waals surface area (Å²) < 4.78 is 29.0. The van der Waals surface area contributed by atoms with Crippen molar-refractivity contribution in [3.8, 4) is 0 Å². The van der Waals surface area contributed by atoms with Crippen molar-refractivity contribution in [3.05, 3.63) is 79.9 Å². The molecule has 0 radical (unpaired) electrons. The lowest BCUT2D eigenvalue weighted by atomic mass is 10.2. The van der Waals surface area contributed by atoms with Gasteiger partial charge in [-0.1, -0.05) is 33.6 Å². The molecule has 0 atom stereocenters. The summed E-state index contributed by atoms with van der Waals surface area (Å²) in [5.41, 5.74) is 0.711. The Hall–Kier alpha value is -1.87. The van der Waals surface area contributed by atoms with E-state index in [1.807, 2.05) is 6.07 Å². The molecule has 5 nitrogen and oxygen atoms in total. The maximum absolute atomic E-state index is 12.7. The lowest BCUT2D eigenvalue weighted by Crippen LogP contribution is -2.26. The zero-order valence-electron chi connectivity index (χ0n) is 14.7. The fourth-order valence-electron chi connectivity index (χ4n) is 2.51. The molecular formula is C19H16BrClN2O3S2. The molecule has 28 heavy (non-hydrogen) atoms. The number of sulfonamides is 1. The van der Waals surface area contributed by atoms with Crippen LogP contribution in [0.1, 0.15) is 15.2 Å². The third kappa shape index (κ3) is 5.14. The Labute approximate surface area is 181 Å². The maximum Gasteiger partial charge on any atom is 0.261 e. The Morgan fingerprint density at radius 3 is 2.50 bits per heavy atom. The third-order valence-corrected chi connectivity index (χ3v) is 7.00. The number of hydrogen-bond donors (Lipinski definition) is 1. The van der Waals surface area contributed by atoms with Crippen molar-refractivity contribution in [3.63, 3.8) is 0 Å². The molecule has 1 aromatic heterocycles. The molecule has 0 unspecified atom stereocenters. The van der Waals surface area contributed by atoms with Crippen molar-refractivity contribution in [2.45, 2.75) is 11.4 Å². The predicted molar refractivity (Wildman–Crippen MR) is 117 cm³/mol. The summed E-state index contributed by atoms with van der Waals surface area (Å²) in [6, 6.07) is 16.4. The number of halogens is 2. The zero-order valence-corrected chi connectivity index (χ0v) is 18.7. The van der Waals surface area contributed by atoms with Crippen LogP contribution in [0.3, 0.4) is 0 Å². The monoisotopic (exact) mass is 498 g/mol. The van der Waals surface area contributed by atoms with Crippen LogP contribution in [-0.4, -0.2) is 26.3 Å². The molecule has 2 aromatic carbocycles. The SMILES string of the molecule is CN(Cc1ccc(Cl)s1)C(=O)c1cccc(NS(=O)(=O)c2ccc(Br)cc2)c1. The number of hydrogen-bond acceptors (Lipinski definition) is 4. The van der Waals surface area contributed by atoms with Gasteiger partial charge in [-0.15, -0.1) is 11.3 Å². The second kappa shape index (κ2) is 8.65. The summed E-state index contributed by atoms with van der Waals surface area (Å²) >= 11 is 10.6. The van der Waals surface area contributed by atoms with Crippen LogP contribution in [0.2, 0.25) is 4.34 Å². The molecule has 0 aliphatic heterocycles. The minimum Gasteiger partial charge on any atom is -0.337 e. The van der Waals surface area contributed by atoms with Gasteiger partial charge in [0.2, 0.25) is 0 Å². The van der Waals surface area contributed by atoms with Crippen LogP contribution in [0.4, 0.5) is 5.69 Å². The summed E-state index contributed by atoms with van der Waals surface area (Å²) in [7, 11) is -2.06. The minimum absolute atomic E-state index is 0.138. The van der Waals surface area contributed by atoms with E-state index < -0.39 is 10.0 Å². The van der Waals surface area contributed by atoms with Crippen molar-refractivity contribution >= 4 is 60.5 Å². The number of thiophene rings is 1. The summed E-state index contributed by atoms with van der Waals surface area (Å²) in [6.45, 7) is 0.422. The van der Waals surface area contributed by atoms with E-state index >= 15 is 0 Å². The average molecular weight is 500 g/mol. The Morgan fingerprint density at radius 1 is 1.14 bits per heavy atom. The first-order valence-electron chi connectivity index (χ1n) is 8.13. The van der Waals surface area contributed by atoms with E-state index in [9.17, 15) is 13.2 Å². The molecule has 146 valence electrons. The van der Waals surface area contributed by atoms with Crippen molar-refractivity contribution in [2.24, 2.45) is 0 Å². The van der Waals surface area contributed by atoms with E-state index in [2.05, 4.69) is 20.7 Å². The standard InChI is InChI=1S/C19H16BrClN2O3S2/c1-23(12-16-7-10-18(21)27-16)19(24)13-3-2-4-15(11-13)22-28(25,26)17-8-5-14(20)6-9-17/h2-11,22H,12H2,1H3. The van der Waals surface area contributed by atoms with E-state index in [0.29, 0.717) is 22.1 Å². The molecule has 3 rings (SSSR count). The Kier molecular flexibility index (Phi) is 6.44.